The Kier molecular flexibility index (Phi) is 6.17. The molecule has 0 heterocycles. The lowest BCUT2D eigenvalue weighted by atomic mass is 10.0. The van der Waals surface area contributed by atoms with E-state index in [0.717, 1.165) is 0 Å². The first-order chi connectivity index (χ1) is 8.25. The van der Waals surface area contributed by atoms with E-state index in [0.29, 0.717) is 0 Å². The Morgan fingerprint density at radius 2 is 1.37 bits per heavy atom. The number of nitrogens with two attached hydrogens (primary N) is 1. The maximum absolute atomic E-state index is 13.2. The molecule has 1 atom stereocenters. The summed E-state index contributed by atoms with van der Waals surface area (Å²) in [6.45, 7) is 0. The highest BCUT2D eigenvalue weighted by molar-refractivity contribution is 5.85. The molecule has 0 spiro atoms. The van der Waals surface area contributed by atoms with Crippen molar-refractivity contribution in [3.8, 4) is 0 Å². The lowest BCUT2D eigenvalue weighted by Crippen LogP contribution is -2.27. The molecule has 0 amide bonds. The van der Waals surface area contributed by atoms with Crippen molar-refractivity contribution in [3.63, 3.8) is 0 Å². The monoisotopic (exact) mass is 305 g/mol. The normalized spacial score (nSPS) is 11.9. The molecule has 19 heavy (non-hydrogen) atoms. The summed E-state index contributed by atoms with van der Waals surface area (Å²) in [4.78, 5) is 10.3. The molecular formula is C10H9ClF5NO2. The summed E-state index contributed by atoms with van der Waals surface area (Å²) >= 11 is 0. The maximum Gasteiger partial charge on any atom is 0.304 e. The van der Waals surface area contributed by atoms with Crippen LogP contribution in [0.15, 0.2) is 0 Å². The number of benzene rings is 1. The SMILES string of the molecule is Cl.NC(CC(=O)O)Cc1c(F)c(F)c(F)c(F)c1F. The topological polar surface area (TPSA) is 63.3 Å². The fourth-order valence-corrected chi connectivity index (χ4v) is 1.39. The predicted octanol–water partition coefficient (Wildman–Crippen LogP) is 2.15. The van der Waals surface area contributed by atoms with Gasteiger partial charge in [0.15, 0.2) is 23.3 Å². The number of hydrogen-bond donors (Lipinski definition) is 2. The first-order valence-corrected chi connectivity index (χ1v) is 4.73. The first-order valence-electron chi connectivity index (χ1n) is 4.73. The highest BCUT2D eigenvalue weighted by Crippen LogP contribution is 2.24. The fraction of sp³-hybridized carbons (Fsp3) is 0.300. The van der Waals surface area contributed by atoms with Crippen molar-refractivity contribution >= 4 is 18.4 Å². The molecule has 1 unspecified atom stereocenters. The van der Waals surface area contributed by atoms with E-state index >= 15 is 0 Å². The number of carbonyl (C=O) groups is 1. The molecule has 1 aromatic rings. The molecule has 1 rings (SSSR count). The summed E-state index contributed by atoms with van der Waals surface area (Å²) < 4.78 is 64.6. The van der Waals surface area contributed by atoms with Gasteiger partial charge in [-0.05, 0) is 6.42 Å². The van der Waals surface area contributed by atoms with Gasteiger partial charge in [-0.1, -0.05) is 0 Å². The second kappa shape index (κ2) is 6.67. The first kappa shape index (κ1) is 17.6. The maximum atomic E-state index is 13.2. The number of rotatable bonds is 4. The van der Waals surface area contributed by atoms with Gasteiger partial charge in [-0.3, -0.25) is 4.79 Å². The Morgan fingerprint density at radius 1 is 1.00 bits per heavy atom. The minimum absolute atomic E-state index is 0. The van der Waals surface area contributed by atoms with Crippen LogP contribution < -0.4 is 5.73 Å². The van der Waals surface area contributed by atoms with E-state index in [1.165, 1.54) is 0 Å². The zero-order valence-corrected chi connectivity index (χ0v) is 10.0. The van der Waals surface area contributed by atoms with E-state index < -0.39 is 59.5 Å². The molecule has 0 bridgehead atoms. The van der Waals surface area contributed by atoms with Gasteiger partial charge in [-0.15, -0.1) is 12.4 Å². The van der Waals surface area contributed by atoms with Crippen molar-refractivity contribution in [2.45, 2.75) is 18.9 Å². The average Bonchev–Trinajstić information content (AvgIpc) is 2.29. The number of hydrogen-bond acceptors (Lipinski definition) is 2. The number of halogens is 6. The zero-order chi connectivity index (χ0) is 14.0. The number of aliphatic carboxylic acids is 1. The van der Waals surface area contributed by atoms with Gasteiger partial charge < -0.3 is 10.8 Å². The summed E-state index contributed by atoms with van der Waals surface area (Å²) in [7, 11) is 0. The molecule has 1 aromatic carbocycles. The summed E-state index contributed by atoms with van der Waals surface area (Å²) in [5.41, 5.74) is 4.12. The third-order valence-electron chi connectivity index (χ3n) is 2.20. The largest absolute Gasteiger partial charge is 0.481 e. The van der Waals surface area contributed by atoms with E-state index in [9.17, 15) is 26.7 Å². The Balaban J connectivity index is 0.00000324. The van der Waals surface area contributed by atoms with Crippen LogP contribution in [0.4, 0.5) is 22.0 Å². The van der Waals surface area contributed by atoms with Crippen LogP contribution in [0.2, 0.25) is 0 Å². The predicted molar refractivity (Wildman–Crippen MR) is 57.4 cm³/mol. The molecule has 0 aliphatic rings. The number of carboxylic acids is 1. The van der Waals surface area contributed by atoms with Crippen LogP contribution >= 0.6 is 12.4 Å². The summed E-state index contributed by atoms with van der Waals surface area (Å²) in [6, 6.07) is -1.25. The van der Waals surface area contributed by atoms with Gasteiger partial charge in [0, 0.05) is 11.6 Å². The van der Waals surface area contributed by atoms with Crippen LogP contribution in [-0.4, -0.2) is 17.1 Å². The van der Waals surface area contributed by atoms with E-state index in [4.69, 9.17) is 10.8 Å². The molecular weight excluding hydrogens is 297 g/mol. The van der Waals surface area contributed by atoms with E-state index in [2.05, 4.69) is 0 Å². The summed E-state index contributed by atoms with van der Waals surface area (Å²) in [5, 5.41) is 8.38. The second-order valence-electron chi connectivity index (χ2n) is 3.61. The van der Waals surface area contributed by atoms with Gasteiger partial charge in [0.2, 0.25) is 5.82 Å². The Hall–Kier alpha value is -1.41. The summed E-state index contributed by atoms with van der Waals surface area (Å²) in [6.07, 6.45) is -1.42. The van der Waals surface area contributed by atoms with Crippen LogP contribution in [0.1, 0.15) is 12.0 Å². The van der Waals surface area contributed by atoms with Crippen LogP contribution in [-0.2, 0) is 11.2 Å². The second-order valence-corrected chi connectivity index (χ2v) is 3.61. The van der Waals surface area contributed by atoms with Gasteiger partial charge in [-0.2, -0.15) is 0 Å². The molecule has 0 radical (unpaired) electrons. The van der Waals surface area contributed by atoms with E-state index in [-0.39, 0.29) is 12.4 Å². The Morgan fingerprint density at radius 3 is 1.74 bits per heavy atom. The van der Waals surface area contributed by atoms with E-state index in [1.54, 1.807) is 0 Å². The third-order valence-corrected chi connectivity index (χ3v) is 2.20. The molecule has 0 aromatic heterocycles. The van der Waals surface area contributed by atoms with Crippen molar-refractivity contribution in [2.24, 2.45) is 5.73 Å². The standard InChI is InChI=1S/C10H8F5NO2.ClH/c11-6-4(1-3(16)2-5(17)18)7(12)9(14)10(15)8(6)13;/h3H,1-2,16H2,(H,17,18);1H. The molecule has 0 saturated heterocycles. The molecule has 3 N–H and O–H groups in total. The third kappa shape index (κ3) is 3.77. The minimum Gasteiger partial charge on any atom is -0.481 e. The molecule has 3 nitrogen and oxygen atoms in total. The fourth-order valence-electron chi connectivity index (χ4n) is 1.39. The highest BCUT2D eigenvalue weighted by atomic mass is 35.5. The summed E-state index contributed by atoms with van der Waals surface area (Å²) in [5.74, 6) is -11.7. The van der Waals surface area contributed by atoms with Crippen LogP contribution in [0.3, 0.4) is 0 Å². The molecule has 0 aliphatic heterocycles. The highest BCUT2D eigenvalue weighted by Gasteiger charge is 2.26. The smallest absolute Gasteiger partial charge is 0.304 e. The lowest BCUT2D eigenvalue weighted by molar-refractivity contribution is -0.137. The van der Waals surface area contributed by atoms with Crippen molar-refractivity contribution in [2.75, 3.05) is 0 Å². The zero-order valence-electron chi connectivity index (χ0n) is 9.22. The van der Waals surface area contributed by atoms with E-state index in [1.807, 2.05) is 0 Å². The van der Waals surface area contributed by atoms with Crippen LogP contribution in [0.25, 0.3) is 0 Å². The van der Waals surface area contributed by atoms with Crippen molar-refractivity contribution in [3.05, 3.63) is 34.6 Å². The van der Waals surface area contributed by atoms with Gasteiger partial charge in [-0.25, -0.2) is 22.0 Å². The van der Waals surface area contributed by atoms with Crippen molar-refractivity contribution in [1.29, 1.82) is 0 Å². The van der Waals surface area contributed by atoms with Crippen LogP contribution in [0.5, 0.6) is 0 Å². The molecule has 9 heteroatoms. The van der Waals surface area contributed by atoms with Gasteiger partial charge >= 0.3 is 5.97 Å². The number of carboxylic acid groups (broad SMARTS) is 1. The molecule has 0 aliphatic carbocycles. The van der Waals surface area contributed by atoms with Crippen LogP contribution in [0, 0.1) is 29.1 Å². The van der Waals surface area contributed by atoms with Gasteiger partial charge in [0.1, 0.15) is 0 Å². The Labute approximate surface area is 110 Å². The Bertz CT molecular complexity index is 468. The van der Waals surface area contributed by atoms with Gasteiger partial charge in [0.25, 0.3) is 0 Å². The average molecular weight is 306 g/mol. The van der Waals surface area contributed by atoms with Crippen molar-refractivity contribution in [1.82, 2.24) is 0 Å². The molecule has 0 saturated carbocycles. The van der Waals surface area contributed by atoms with Gasteiger partial charge in [0.05, 0.1) is 6.42 Å². The quantitative estimate of drug-likeness (QED) is 0.509. The molecule has 108 valence electrons. The lowest BCUT2D eigenvalue weighted by Gasteiger charge is -2.12. The minimum atomic E-state index is -2.26. The van der Waals surface area contributed by atoms with Crippen molar-refractivity contribution < 1.29 is 31.9 Å². The molecule has 0 fully saturated rings.